The molecule has 0 aliphatic carbocycles. The van der Waals surface area contributed by atoms with Gasteiger partial charge in [-0.25, -0.2) is 8.78 Å². The largest absolute Gasteiger partial charge is 0.493 e. The first-order valence-corrected chi connectivity index (χ1v) is 4.67. The highest BCUT2D eigenvalue weighted by atomic mass is 19.2. The third-order valence-corrected chi connectivity index (χ3v) is 1.83. The van der Waals surface area contributed by atoms with Gasteiger partial charge in [0.25, 0.3) is 0 Å². The van der Waals surface area contributed by atoms with E-state index in [4.69, 9.17) is 4.74 Å². The van der Waals surface area contributed by atoms with E-state index in [2.05, 4.69) is 0 Å². The Bertz CT molecular complexity index is 350. The Balaban J connectivity index is 2.38. The van der Waals surface area contributed by atoms with Gasteiger partial charge in [-0.15, -0.1) is 0 Å². The summed E-state index contributed by atoms with van der Waals surface area (Å²) in [5, 5.41) is 0. The molecule has 0 N–H and O–H groups in total. The number of ketones is 1. The highest BCUT2D eigenvalue weighted by molar-refractivity contribution is 5.75. The Morgan fingerprint density at radius 1 is 1.33 bits per heavy atom. The quantitative estimate of drug-likeness (QED) is 0.704. The molecule has 15 heavy (non-hydrogen) atoms. The highest BCUT2D eigenvalue weighted by Gasteiger charge is 2.03. The van der Waals surface area contributed by atoms with Crippen molar-refractivity contribution >= 4 is 5.78 Å². The van der Waals surface area contributed by atoms with Crippen LogP contribution in [0, 0.1) is 11.6 Å². The van der Waals surface area contributed by atoms with Gasteiger partial charge in [-0.3, -0.25) is 0 Å². The van der Waals surface area contributed by atoms with Crippen LogP contribution >= 0.6 is 0 Å². The van der Waals surface area contributed by atoms with Gasteiger partial charge in [-0.2, -0.15) is 0 Å². The van der Waals surface area contributed by atoms with E-state index in [1.807, 2.05) is 0 Å². The molecule has 0 amide bonds. The van der Waals surface area contributed by atoms with Crippen LogP contribution in [0.15, 0.2) is 18.2 Å². The molecule has 0 radical (unpaired) electrons. The molecule has 0 saturated carbocycles. The Hall–Kier alpha value is -1.45. The minimum absolute atomic E-state index is 0.0869. The maximum Gasteiger partial charge on any atom is 0.162 e. The molecule has 0 heterocycles. The molecule has 4 heteroatoms. The van der Waals surface area contributed by atoms with E-state index in [0.717, 1.165) is 12.1 Å². The Labute approximate surface area is 86.9 Å². The number of rotatable bonds is 5. The molecule has 0 fully saturated rings. The van der Waals surface area contributed by atoms with E-state index in [1.54, 1.807) is 0 Å². The zero-order valence-corrected chi connectivity index (χ0v) is 8.43. The van der Waals surface area contributed by atoms with E-state index >= 15 is 0 Å². The third-order valence-electron chi connectivity index (χ3n) is 1.83. The van der Waals surface area contributed by atoms with Gasteiger partial charge in [0.1, 0.15) is 11.5 Å². The molecule has 0 spiro atoms. The molecule has 0 aliphatic heterocycles. The second kappa shape index (κ2) is 5.44. The zero-order valence-electron chi connectivity index (χ0n) is 8.43. The summed E-state index contributed by atoms with van der Waals surface area (Å²) in [4.78, 5) is 10.6. The molecule has 2 nitrogen and oxygen atoms in total. The van der Waals surface area contributed by atoms with Gasteiger partial charge in [-0.1, -0.05) is 0 Å². The molecule has 1 rings (SSSR count). The maximum absolute atomic E-state index is 12.7. The fourth-order valence-electron chi connectivity index (χ4n) is 1.08. The molecule has 0 unspecified atom stereocenters. The van der Waals surface area contributed by atoms with Gasteiger partial charge in [0.05, 0.1) is 6.61 Å². The Morgan fingerprint density at radius 3 is 2.67 bits per heavy atom. The third kappa shape index (κ3) is 4.06. The minimum Gasteiger partial charge on any atom is -0.493 e. The monoisotopic (exact) mass is 214 g/mol. The van der Waals surface area contributed by atoms with Crippen LogP contribution < -0.4 is 4.74 Å². The summed E-state index contributed by atoms with van der Waals surface area (Å²) >= 11 is 0. The summed E-state index contributed by atoms with van der Waals surface area (Å²) in [7, 11) is 0. The lowest BCUT2D eigenvalue weighted by Crippen LogP contribution is -2.00. The van der Waals surface area contributed by atoms with Crippen molar-refractivity contribution in [2.24, 2.45) is 0 Å². The molecule has 0 bridgehead atoms. The predicted octanol–water partition coefficient (Wildman–Crippen LogP) is 2.71. The van der Waals surface area contributed by atoms with Crippen molar-refractivity contribution in [3.8, 4) is 5.75 Å². The Kier molecular flexibility index (Phi) is 4.21. The average molecular weight is 214 g/mol. The molecule has 1 aromatic carbocycles. The van der Waals surface area contributed by atoms with Gasteiger partial charge in [0.2, 0.25) is 0 Å². The van der Waals surface area contributed by atoms with Gasteiger partial charge in [0.15, 0.2) is 11.6 Å². The van der Waals surface area contributed by atoms with Crippen LogP contribution in [0.2, 0.25) is 0 Å². The van der Waals surface area contributed by atoms with E-state index in [-0.39, 0.29) is 11.5 Å². The van der Waals surface area contributed by atoms with Gasteiger partial charge >= 0.3 is 0 Å². The van der Waals surface area contributed by atoms with Crippen molar-refractivity contribution in [2.75, 3.05) is 6.61 Å². The number of carbonyl (C=O) groups is 1. The number of halogens is 2. The van der Waals surface area contributed by atoms with Gasteiger partial charge in [0, 0.05) is 12.5 Å². The van der Waals surface area contributed by atoms with Crippen LogP contribution in [0.25, 0.3) is 0 Å². The summed E-state index contributed by atoms with van der Waals surface area (Å²) < 4.78 is 30.4. The van der Waals surface area contributed by atoms with Crippen LogP contribution in [0.3, 0.4) is 0 Å². The topological polar surface area (TPSA) is 26.3 Å². The lowest BCUT2D eigenvalue weighted by atomic mass is 10.2. The first-order valence-electron chi connectivity index (χ1n) is 4.67. The van der Waals surface area contributed by atoms with Crippen molar-refractivity contribution in [2.45, 2.75) is 19.8 Å². The molecular formula is C11H12F2O2. The number of Topliss-reactive ketones (excluding diaryl/α,β-unsaturated/α-hetero) is 1. The maximum atomic E-state index is 12.7. The van der Waals surface area contributed by atoms with Crippen LogP contribution in [0.1, 0.15) is 19.8 Å². The summed E-state index contributed by atoms with van der Waals surface area (Å²) in [5.41, 5.74) is 0. The van der Waals surface area contributed by atoms with E-state index in [9.17, 15) is 13.6 Å². The fourth-order valence-corrected chi connectivity index (χ4v) is 1.08. The molecule has 82 valence electrons. The molecule has 0 atom stereocenters. The van der Waals surface area contributed by atoms with E-state index < -0.39 is 11.6 Å². The van der Waals surface area contributed by atoms with E-state index in [0.29, 0.717) is 19.4 Å². The minimum atomic E-state index is -0.931. The second-order valence-electron chi connectivity index (χ2n) is 3.23. The van der Waals surface area contributed by atoms with Crippen LogP contribution in [0.5, 0.6) is 5.75 Å². The first-order chi connectivity index (χ1) is 7.09. The molecule has 1 aromatic rings. The highest BCUT2D eigenvalue weighted by Crippen LogP contribution is 2.15. The van der Waals surface area contributed by atoms with Crippen molar-refractivity contribution < 1.29 is 18.3 Å². The predicted molar refractivity (Wildman–Crippen MR) is 51.8 cm³/mol. The van der Waals surface area contributed by atoms with Gasteiger partial charge < -0.3 is 9.53 Å². The van der Waals surface area contributed by atoms with Crippen LogP contribution in [-0.2, 0) is 4.79 Å². The van der Waals surface area contributed by atoms with Crippen molar-refractivity contribution in [3.63, 3.8) is 0 Å². The standard InChI is InChI=1S/C11H12F2O2/c1-8(14)3-2-6-15-9-4-5-10(12)11(13)7-9/h4-5,7H,2-3,6H2,1H3. The summed E-state index contributed by atoms with van der Waals surface area (Å²) in [6, 6.07) is 3.35. The van der Waals surface area contributed by atoms with Gasteiger partial charge in [-0.05, 0) is 25.5 Å². The molecule has 0 aromatic heterocycles. The fraction of sp³-hybridized carbons (Fsp3) is 0.364. The molecule has 0 saturated heterocycles. The number of carbonyl (C=O) groups excluding carboxylic acids is 1. The molecular weight excluding hydrogens is 202 g/mol. The average Bonchev–Trinajstić information content (AvgIpc) is 2.18. The van der Waals surface area contributed by atoms with Crippen molar-refractivity contribution in [1.82, 2.24) is 0 Å². The summed E-state index contributed by atoms with van der Waals surface area (Å²) in [6.07, 6.45) is 1.01. The first kappa shape index (κ1) is 11.6. The molecule has 0 aliphatic rings. The number of hydrogen-bond acceptors (Lipinski definition) is 2. The zero-order chi connectivity index (χ0) is 11.3. The van der Waals surface area contributed by atoms with Crippen LogP contribution in [-0.4, -0.2) is 12.4 Å². The Morgan fingerprint density at radius 2 is 2.07 bits per heavy atom. The normalized spacial score (nSPS) is 10.1. The summed E-state index contributed by atoms with van der Waals surface area (Å²) in [6.45, 7) is 1.82. The second-order valence-corrected chi connectivity index (χ2v) is 3.23. The smallest absolute Gasteiger partial charge is 0.162 e. The lowest BCUT2D eigenvalue weighted by molar-refractivity contribution is -0.117. The van der Waals surface area contributed by atoms with Crippen molar-refractivity contribution in [3.05, 3.63) is 29.8 Å². The SMILES string of the molecule is CC(=O)CCCOc1ccc(F)c(F)c1. The van der Waals surface area contributed by atoms with Crippen LogP contribution in [0.4, 0.5) is 8.78 Å². The lowest BCUT2D eigenvalue weighted by Gasteiger charge is -2.05. The van der Waals surface area contributed by atoms with Crippen molar-refractivity contribution in [1.29, 1.82) is 0 Å². The summed E-state index contributed by atoms with van der Waals surface area (Å²) in [5.74, 6) is -1.47. The van der Waals surface area contributed by atoms with E-state index in [1.165, 1.54) is 13.0 Å². The number of benzene rings is 1. The number of ether oxygens (including phenoxy) is 1. The number of hydrogen-bond donors (Lipinski definition) is 0.